The van der Waals surface area contributed by atoms with Crippen LogP contribution in [0.2, 0.25) is 0 Å². The lowest BCUT2D eigenvalue weighted by atomic mass is 9.99. The summed E-state index contributed by atoms with van der Waals surface area (Å²) in [7, 11) is 1.62. The topological polar surface area (TPSA) is 113 Å². The maximum Gasteiger partial charge on any atom is 0.305 e. The molecule has 0 radical (unpaired) electrons. The van der Waals surface area contributed by atoms with Gasteiger partial charge in [0.15, 0.2) is 0 Å². The molecule has 9 heteroatoms. The predicted octanol–water partition coefficient (Wildman–Crippen LogP) is 4.76. The van der Waals surface area contributed by atoms with Crippen LogP contribution in [0, 0.1) is 0 Å². The number of nitrogens with zero attached hydrogens (tertiary/aromatic N) is 2. The molecular weight excluding hydrogens is 440 g/mol. The van der Waals surface area contributed by atoms with Crippen molar-refractivity contribution < 1.29 is 33.6 Å². The average molecular weight is 464 g/mol. The molecule has 2 aromatic heterocycles. The molecule has 0 saturated heterocycles. The molecule has 4 rings (SSSR count). The van der Waals surface area contributed by atoms with Crippen molar-refractivity contribution >= 4 is 17.1 Å². The van der Waals surface area contributed by atoms with E-state index in [2.05, 4.69) is 9.97 Å². The van der Waals surface area contributed by atoms with Crippen molar-refractivity contribution in [1.29, 1.82) is 0 Å². The van der Waals surface area contributed by atoms with Crippen LogP contribution >= 0.6 is 0 Å². The first-order valence-corrected chi connectivity index (χ1v) is 10.7. The van der Waals surface area contributed by atoms with Gasteiger partial charge < -0.3 is 19.0 Å². The van der Waals surface area contributed by atoms with Gasteiger partial charge in [0.25, 0.3) is 0 Å². The third-order valence-electron chi connectivity index (χ3n) is 4.95. The van der Waals surface area contributed by atoms with Crippen LogP contribution in [0.15, 0.2) is 65.3 Å². The fourth-order valence-electron chi connectivity index (χ4n) is 3.36. The number of hydrogen-bond acceptors (Lipinski definition) is 8. The Bertz CT molecular complexity index is 1240. The number of benzene rings is 2. The zero-order chi connectivity index (χ0) is 23.9. The van der Waals surface area contributed by atoms with Crippen molar-refractivity contribution in [2.45, 2.75) is 19.4 Å². The number of aliphatic carboxylic acids is 1. The van der Waals surface area contributed by atoms with E-state index in [9.17, 15) is 4.79 Å². The molecule has 0 spiro atoms. The van der Waals surface area contributed by atoms with Crippen LogP contribution in [0.1, 0.15) is 13.3 Å². The van der Waals surface area contributed by atoms with Crippen LogP contribution in [0.5, 0.6) is 11.6 Å². The molecule has 9 nitrogen and oxygen atoms in total. The van der Waals surface area contributed by atoms with Crippen molar-refractivity contribution in [1.82, 2.24) is 9.97 Å². The number of carboxylic acids is 1. The maximum absolute atomic E-state index is 10.6. The summed E-state index contributed by atoms with van der Waals surface area (Å²) >= 11 is 0. The highest BCUT2D eigenvalue weighted by Gasteiger charge is 2.23. The molecule has 1 unspecified atom stereocenters. The van der Waals surface area contributed by atoms with Crippen LogP contribution in [-0.2, 0) is 14.6 Å². The van der Waals surface area contributed by atoms with Gasteiger partial charge in [-0.05, 0) is 24.6 Å². The summed E-state index contributed by atoms with van der Waals surface area (Å²) < 4.78 is 17.4. The summed E-state index contributed by atoms with van der Waals surface area (Å²) in [4.78, 5) is 29.3. The molecule has 0 bridgehead atoms. The van der Waals surface area contributed by atoms with Crippen molar-refractivity contribution in [2.75, 3.05) is 20.3 Å². The number of carbonyl (C=O) groups is 1. The molecule has 0 aliphatic rings. The normalized spacial score (nSPS) is 11.9. The van der Waals surface area contributed by atoms with Crippen molar-refractivity contribution in [2.24, 2.45) is 0 Å². The minimum absolute atomic E-state index is 0.0544. The van der Waals surface area contributed by atoms with Gasteiger partial charge in [0, 0.05) is 11.1 Å². The number of hydrogen-bond donors (Lipinski definition) is 1. The number of carboxylic acid groups (broad SMARTS) is 1. The van der Waals surface area contributed by atoms with Crippen molar-refractivity contribution in [3.63, 3.8) is 0 Å². The Morgan fingerprint density at radius 3 is 2.53 bits per heavy atom. The van der Waals surface area contributed by atoms with E-state index in [0.29, 0.717) is 22.7 Å². The summed E-state index contributed by atoms with van der Waals surface area (Å²) in [6.07, 6.45) is 0.759. The molecule has 176 valence electrons. The molecule has 0 aliphatic carbocycles. The number of ether oxygens (including phenoxy) is 2. The fraction of sp³-hybridized carbons (Fsp3) is 0.240. The zero-order valence-corrected chi connectivity index (χ0v) is 18.8. The van der Waals surface area contributed by atoms with Crippen molar-refractivity contribution in [3.8, 4) is 34.1 Å². The third kappa shape index (κ3) is 5.33. The van der Waals surface area contributed by atoms with Gasteiger partial charge in [0.2, 0.25) is 11.6 Å². The average Bonchev–Trinajstić information content (AvgIpc) is 3.26. The van der Waals surface area contributed by atoms with E-state index >= 15 is 0 Å². The minimum atomic E-state index is -0.962. The fourth-order valence-corrected chi connectivity index (χ4v) is 3.36. The molecule has 1 atom stereocenters. The molecule has 0 amide bonds. The third-order valence-corrected chi connectivity index (χ3v) is 4.95. The second kappa shape index (κ2) is 10.8. The summed E-state index contributed by atoms with van der Waals surface area (Å²) in [6, 6.07) is 17.4. The van der Waals surface area contributed by atoms with E-state index in [4.69, 9.17) is 28.8 Å². The Morgan fingerprint density at radius 2 is 1.82 bits per heavy atom. The van der Waals surface area contributed by atoms with Gasteiger partial charge in [-0.15, -0.1) is 0 Å². The number of fused-ring (bicyclic) bond motifs is 1. The molecule has 34 heavy (non-hydrogen) atoms. The first-order valence-electron chi connectivity index (χ1n) is 10.7. The monoisotopic (exact) mass is 464 g/mol. The number of methoxy groups -OCH3 is 1. The van der Waals surface area contributed by atoms with Crippen LogP contribution < -0.4 is 9.47 Å². The van der Waals surface area contributed by atoms with Gasteiger partial charge in [-0.3, -0.25) is 4.79 Å². The van der Waals surface area contributed by atoms with Gasteiger partial charge >= 0.3 is 5.97 Å². The molecule has 2 heterocycles. The quantitative estimate of drug-likeness (QED) is 0.191. The summed E-state index contributed by atoms with van der Waals surface area (Å²) in [6.45, 7) is 1.81. The van der Waals surface area contributed by atoms with Crippen molar-refractivity contribution in [3.05, 3.63) is 60.9 Å². The summed E-state index contributed by atoms with van der Waals surface area (Å²) in [5.41, 5.74) is 2.96. The highest BCUT2D eigenvalue weighted by molar-refractivity contribution is 6.03. The second-order valence-electron chi connectivity index (χ2n) is 7.44. The van der Waals surface area contributed by atoms with E-state index in [1.807, 2.05) is 54.6 Å². The minimum Gasteiger partial charge on any atom is -0.497 e. The summed E-state index contributed by atoms with van der Waals surface area (Å²) in [5.74, 6) is 0.755. The maximum atomic E-state index is 10.6. The number of furan rings is 1. The van der Waals surface area contributed by atoms with Crippen LogP contribution in [0.25, 0.3) is 33.6 Å². The molecular formula is C25H24N2O7. The molecule has 2 aromatic carbocycles. The van der Waals surface area contributed by atoms with E-state index in [-0.39, 0.29) is 19.6 Å². The van der Waals surface area contributed by atoms with Crippen LogP contribution in [0.4, 0.5) is 0 Å². The molecule has 0 fully saturated rings. The van der Waals surface area contributed by atoms with E-state index in [1.54, 1.807) is 14.0 Å². The molecule has 1 N–H and O–H groups in total. The highest BCUT2D eigenvalue weighted by atomic mass is 17.2. The Balaban J connectivity index is 1.67. The van der Waals surface area contributed by atoms with Gasteiger partial charge in [-0.25, -0.2) is 19.7 Å². The zero-order valence-electron chi connectivity index (χ0n) is 18.8. The lowest BCUT2D eigenvalue weighted by Crippen LogP contribution is -2.19. The largest absolute Gasteiger partial charge is 0.497 e. The first kappa shape index (κ1) is 23.2. The Hall–Kier alpha value is -3.95. The Labute approximate surface area is 195 Å². The lowest BCUT2D eigenvalue weighted by Gasteiger charge is -2.13. The van der Waals surface area contributed by atoms with E-state index < -0.39 is 12.1 Å². The Morgan fingerprint density at radius 1 is 1.06 bits per heavy atom. The molecule has 0 aliphatic heterocycles. The second-order valence-corrected chi connectivity index (χ2v) is 7.44. The van der Waals surface area contributed by atoms with Gasteiger partial charge in [0.05, 0.1) is 20.1 Å². The lowest BCUT2D eigenvalue weighted by molar-refractivity contribution is -0.323. The standard InChI is InChI=1S/C25H24N2O7/c1-16(34-32-13-12-20(28)29)14-31-24-22-21(17-8-10-19(30-2)11-9-17)23(18-6-4-3-5-7-18)33-25(22)27-15-26-24/h3-11,15-16H,12-14H2,1-2H3,(H,28,29). The van der Waals surface area contributed by atoms with Crippen LogP contribution in [-0.4, -0.2) is 47.5 Å². The smallest absolute Gasteiger partial charge is 0.305 e. The SMILES string of the molecule is COc1ccc(-c2c(-c3ccccc3)oc3ncnc(OCC(C)OOCCC(=O)O)c23)cc1. The molecule has 4 aromatic rings. The van der Waals surface area contributed by atoms with Gasteiger partial charge in [0.1, 0.15) is 35.9 Å². The highest BCUT2D eigenvalue weighted by Crippen LogP contribution is 2.43. The number of aromatic nitrogens is 2. The predicted molar refractivity (Wildman–Crippen MR) is 123 cm³/mol. The number of rotatable bonds is 11. The summed E-state index contributed by atoms with van der Waals surface area (Å²) in [5, 5.41) is 9.30. The van der Waals surface area contributed by atoms with Crippen LogP contribution in [0.3, 0.4) is 0 Å². The van der Waals surface area contributed by atoms with Gasteiger partial charge in [-0.2, -0.15) is 0 Å². The van der Waals surface area contributed by atoms with E-state index in [1.165, 1.54) is 6.33 Å². The molecule has 0 saturated carbocycles. The first-order chi connectivity index (χ1) is 16.6. The Kier molecular flexibility index (Phi) is 7.36. The van der Waals surface area contributed by atoms with Gasteiger partial charge in [-0.1, -0.05) is 42.5 Å². The van der Waals surface area contributed by atoms with E-state index in [0.717, 1.165) is 22.4 Å².